The molecule has 2 nitrogen and oxygen atoms in total. The number of aromatic nitrogens is 1. The number of rotatable bonds is 7. The number of hydrogen-bond acceptors (Lipinski definition) is 2. The van der Waals surface area contributed by atoms with E-state index in [1.165, 1.54) is 36.9 Å². The Kier molecular flexibility index (Phi) is 6.09. The number of aryl methyl sites for hydroxylation is 2. The molecule has 1 aromatic rings. The van der Waals surface area contributed by atoms with E-state index in [0.29, 0.717) is 6.54 Å². The molecule has 0 atom stereocenters. The highest BCUT2D eigenvalue weighted by atomic mass is 14.7. The minimum absolute atomic E-state index is 0.568. The van der Waals surface area contributed by atoms with Crippen molar-refractivity contribution in [2.75, 3.05) is 0 Å². The van der Waals surface area contributed by atoms with Crippen LogP contribution in [-0.2, 0) is 19.4 Å². The van der Waals surface area contributed by atoms with Gasteiger partial charge in [-0.15, -0.1) is 0 Å². The van der Waals surface area contributed by atoms with Gasteiger partial charge < -0.3 is 5.73 Å². The standard InChI is InChI=1S/C14H24N2/c1-3-5-7-12-9-10-13(8-6-4-2)16-14(12)11-15/h9-10H,3-8,11,15H2,1-2H3. The topological polar surface area (TPSA) is 38.9 Å². The Morgan fingerprint density at radius 3 is 2.38 bits per heavy atom. The van der Waals surface area contributed by atoms with Gasteiger partial charge in [-0.05, 0) is 37.3 Å². The summed E-state index contributed by atoms with van der Waals surface area (Å²) in [7, 11) is 0. The van der Waals surface area contributed by atoms with Crippen LogP contribution in [0, 0.1) is 0 Å². The number of unbranched alkanes of at least 4 members (excludes halogenated alkanes) is 2. The van der Waals surface area contributed by atoms with Crippen LogP contribution >= 0.6 is 0 Å². The van der Waals surface area contributed by atoms with Gasteiger partial charge in [0.2, 0.25) is 0 Å². The summed E-state index contributed by atoms with van der Waals surface area (Å²) in [4.78, 5) is 4.66. The molecule has 0 bridgehead atoms. The summed E-state index contributed by atoms with van der Waals surface area (Å²) in [5.74, 6) is 0. The van der Waals surface area contributed by atoms with E-state index in [2.05, 4.69) is 31.0 Å². The van der Waals surface area contributed by atoms with E-state index in [1.807, 2.05) is 0 Å². The molecule has 0 fully saturated rings. The summed E-state index contributed by atoms with van der Waals surface area (Å²) in [5, 5.41) is 0. The van der Waals surface area contributed by atoms with Gasteiger partial charge in [0.15, 0.2) is 0 Å². The second kappa shape index (κ2) is 7.39. The van der Waals surface area contributed by atoms with Crippen molar-refractivity contribution in [2.45, 2.75) is 58.9 Å². The van der Waals surface area contributed by atoms with Crippen molar-refractivity contribution in [3.8, 4) is 0 Å². The van der Waals surface area contributed by atoms with Crippen molar-refractivity contribution >= 4 is 0 Å². The van der Waals surface area contributed by atoms with Gasteiger partial charge in [0.1, 0.15) is 0 Å². The quantitative estimate of drug-likeness (QED) is 0.766. The molecule has 1 aromatic heterocycles. The third kappa shape index (κ3) is 3.93. The Labute approximate surface area is 99.3 Å². The first-order chi connectivity index (χ1) is 7.81. The molecule has 1 rings (SSSR count). The van der Waals surface area contributed by atoms with Crippen molar-refractivity contribution in [3.63, 3.8) is 0 Å². The second-order valence-corrected chi connectivity index (χ2v) is 4.32. The highest BCUT2D eigenvalue weighted by molar-refractivity contribution is 5.23. The summed E-state index contributed by atoms with van der Waals surface area (Å²) in [5.41, 5.74) is 9.39. The zero-order chi connectivity index (χ0) is 11.8. The molecule has 0 aliphatic carbocycles. The molecule has 2 N–H and O–H groups in total. The average molecular weight is 220 g/mol. The molecule has 0 spiro atoms. The van der Waals surface area contributed by atoms with E-state index < -0.39 is 0 Å². The second-order valence-electron chi connectivity index (χ2n) is 4.32. The first-order valence-electron chi connectivity index (χ1n) is 6.49. The first-order valence-corrected chi connectivity index (χ1v) is 6.49. The largest absolute Gasteiger partial charge is 0.325 e. The van der Waals surface area contributed by atoms with Crippen LogP contribution < -0.4 is 5.73 Å². The van der Waals surface area contributed by atoms with Crippen LogP contribution in [0.4, 0.5) is 0 Å². The van der Waals surface area contributed by atoms with Gasteiger partial charge >= 0.3 is 0 Å². The summed E-state index contributed by atoms with van der Waals surface area (Å²) >= 11 is 0. The summed E-state index contributed by atoms with van der Waals surface area (Å²) in [6.07, 6.45) is 7.08. The van der Waals surface area contributed by atoms with Crippen molar-refractivity contribution < 1.29 is 0 Å². The molecule has 0 saturated heterocycles. The van der Waals surface area contributed by atoms with Gasteiger partial charge in [-0.25, -0.2) is 0 Å². The predicted molar refractivity (Wildman–Crippen MR) is 69.4 cm³/mol. The van der Waals surface area contributed by atoms with E-state index >= 15 is 0 Å². The maximum atomic E-state index is 5.76. The smallest absolute Gasteiger partial charge is 0.0574 e. The molecule has 0 aliphatic heterocycles. The minimum Gasteiger partial charge on any atom is -0.325 e. The van der Waals surface area contributed by atoms with E-state index in [1.54, 1.807) is 0 Å². The Hall–Kier alpha value is -0.890. The number of hydrogen-bond donors (Lipinski definition) is 1. The molecule has 90 valence electrons. The lowest BCUT2D eigenvalue weighted by atomic mass is 10.0. The minimum atomic E-state index is 0.568. The van der Waals surface area contributed by atoms with Crippen LogP contribution in [0.2, 0.25) is 0 Å². The zero-order valence-electron chi connectivity index (χ0n) is 10.6. The highest BCUT2D eigenvalue weighted by Gasteiger charge is 2.04. The first kappa shape index (κ1) is 13.2. The van der Waals surface area contributed by atoms with Gasteiger partial charge in [0, 0.05) is 12.2 Å². The maximum Gasteiger partial charge on any atom is 0.0574 e. The van der Waals surface area contributed by atoms with Crippen LogP contribution in [0.25, 0.3) is 0 Å². The van der Waals surface area contributed by atoms with Crippen LogP contribution in [0.3, 0.4) is 0 Å². The monoisotopic (exact) mass is 220 g/mol. The van der Waals surface area contributed by atoms with E-state index in [0.717, 1.165) is 18.5 Å². The molecule has 0 saturated carbocycles. The molecule has 0 radical (unpaired) electrons. The third-order valence-corrected chi connectivity index (χ3v) is 2.91. The molecule has 0 amide bonds. The molecule has 0 aromatic carbocycles. The molecule has 0 aliphatic rings. The third-order valence-electron chi connectivity index (χ3n) is 2.91. The SMILES string of the molecule is CCCCc1ccc(CCCC)c(CN)n1. The van der Waals surface area contributed by atoms with E-state index in [-0.39, 0.29) is 0 Å². The normalized spacial score (nSPS) is 10.7. The van der Waals surface area contributed by atoms with Crippen LogP contribution in [-0.4, -0.2) is 4.98 Å². The van der Waals surface area contributed by atoms with E-state index in [4.69, 9.17) is 5.73 Å². The van der Waals surface area contributed by atoms with Gasteiger partial charge in [0.25, 0.3) is 0 Å². The fraction of sp³-hybridized carbons (Fsp3) is 0.643. The molecule has 2 heteroatoms. The fourth-order valence-electron chi connectivity index (χ4n) is 1.84. The highest BCUT2D eigenvalue weighted by Crippen LogP contribution is 2.12. The number of pyridine rings is 1. The molecule has 16 heavy (non-hydrogen) atoms. The van der Waals surface area contributed by atoms with Crippen LogP contribution in [0.5, 0.6) is 0 Å². The lowest BCUT2D eigenvalue weighted by Crippen LogP contribution is -2.07. The van der Waals surface area contributed by atoms with E-state index in [9.17, 15) is 0 Å². The lowest BCUT2D eigenvalue weighted by Gasteiger charge is -2.08. The molecule has 0 unspecified atom stereocenters. The van der Waals surface area contributed by atoms with Crippen molar-refractivity contribution in [3.05, 3.63) is 29.1 Å². The fourth-order valence-corrected chi connectivity index (χ4v) is 1.84. The molecular weight excluding hydrogens is 196 g/mol. The Morgan fingerprint density at radius 1 is 1.06 bits per heavy atom. The Bertz CT molecular complexity index is 308. The Morgan fingerprint density at radius 2 is 1.75 bits per heavy atom. The summed E-state index contributed by atoms with van der Waals surface area (Å²) in [6.45, 7) is 4.99. The predicted octanol–water partition coefficient (Wildman–Crippen LogP) is 3.23. The number of nitrogens with two attached hydrogens (primary N) is 1. The average Bonchev–Trinajstić information content (AvgIpc) is 2.34. The Balaban J connectivity index is 2.71. The summed E-state index contributed by atoms with van der Waals surface area (Å²) < 4.78 is 0. The molecular formula is C14H24N2. The molecule has 1 heterocycles. The number of nitrogens with zero attached hydrogens (tertiary/aromatic N) is 1. The maximum absolute atomic E-state index is 5.76. The van der Waals surface area contributed by atoms with Gasteiger partial charge in [-0.3, -0.25) is 4.98 Å². The van der Waals surface area contributed by atoms with Gasteiger partial charge in [-0.2, -0.15) is 0 Å². The van der Waals surface area contributed by atoms with Crippen molar-refractivity contribution in [1.82, 2.24) is 4.98 Å². The van der Waals surface area contributed by atoms with Crippen molar-refractivity contribution in [2.24, 2.45) is 5.73 Å². The van der Waals surface area contributed by atoms with Gasteiger partial charge in [-0.1, -0.05) is 32.8 Å². The van der Waals surface area contributed by atoms with Gasteiger partial charge in [0.05, 0.1) is 5.69 Å². The van der Waals surface area contributed by atoms with Crippen LogP contribution in [0.1, 0.15) is 56.5 Å². The van der Waals surface area contributed by atoms with Crippen molar-refractivity contribution in [1.29, 1.82) is 0 Å². The van der Waals surface area contributed by atoms with Crippen LogP contribution in [0.15, 0.2) is 12.1 Å². The lowest BCUT2D eigenvalue weighted by molar-refractivity contribution is 0.750. The summed E-state index contributed by atoms with van der Waals surface area (Å²) in [6, 6.07) is 4.38. The zero-order valence-corrected chi connectivity index (χ0v) is 10.6.